The first-order valence-corrected chi connectivity index (χ1v) is 7.15. The largest absolute Gasteiger partial charge is 0.316 e. The van der Waals surface area contributed by atoms with Gasteiger partial charge in [0.05, 0.1) is 4.90 Å². The zero-order valence-electron chi connectivity index (χ0n) is 10.8. The molecule has 4 nitrogen and oxygen atoms in total. The van der Waals surface area contributed by atoms with Crippen LogP contribution in [0.2, 0.25) is 0 Å². The lowest BCUT2D eigenvalue weighted by atomic mass is 10.1. The summed E-state index contributed by atoms with van der Waals surface area (Å²) in [5.41, 5.74) is 2.78. The van der Waals surface area contributed by atoms with Gasteiger partial charge in [0.25, 0.3) is 0 Å². The minimum Gasteiger partial charge on any atom is -0.316 e. The third kappa shape index (κ3) is 3.28. The number of hydrogen-bond donors (Lipinski definition) is 2. The van der Waals surface area contributed by atoms with E-state index in [1.54, 1.807) is 13.0 Å². The molecular weight excluding hydrogens is 236 g/mol. The lowest BCUT2D eigenvalue weighted by Crippen LogP contribution is -2.24. The van der Waals surface area contributed by atoms with Gasteiger partial charge in [-0.2, -0.15) is 0 Å². The van der Waals surface area contributed by atoms with E-state index in [1.165, 1.54) is 0 Å². The van der Waals surface area contributed by atoms with Crippen LogP contribution >= 0.6 is 0 Å². The van der Waals surface area contributed by atoms with Crippen LogP contribution < -0.4 is 10.0 Å². The van der Waals surface area contributed by atoms with Crippen LogP contribution in [0.4, 0.5) is 0 Å². The van der Waals surface area contributed by atoms with Gasteiger partial charge in [0.15, 0.2) is 0 Å². The van der Waals surface area contributed by atoms with E-state index >= 15 is 0 Å². The van der Waals surface area contributed by atoms with E-state index in [-0.39, 0.29) is 0 Å². The second-order valence-electron chi connectivity index (χ2n) is 4.07. The number of benzene rings is 1. The van der Waals surface area contributed by atoms with Gasteiger partial charge < -0.3 is 5.32 Å². The summed E-state index contributed by atoms with van der Waals surface area (Å²) in [6, 6.07) is 3.74. The Kier molecular flexibility index (Phi) is 4.68. The summed E-state index contributed by atoms with van der Waals surface area (Å²) < 4.78 is 26.6. The molecule has 0 aliphatic heterocycles. The van der Waals surface area contributed by atoms with Crippen molar-refractivity contribution in [3.63, 3.8) is 0 Å². The minimum absolute atomic E-state index is 0.379. The number of sulfonamides is 1. The van der Waals surface area contributed by atoms with Gasteiger partial charge in [-0.1, -0.05) is 13.0 Å². The summed E-state index contributed by atoms with van der Waals surface area (Å²) in [5, 5.41) is 3.03. The smallest absolute Gasteiger partial charge is 0.240 e. The molecule has 1 aromatic rings. The Morgan fingerprint density at radius 3 is 2.41 bits per heavy atom. The normalized spacial score (nSPS) is 11.8. The van der Waals surface area contributed by atoms with E-state index in [2.05, 4.69) is 10.0 Å². The molecule has 0 unspecified atom stereocenters. The standard InChI is InChI=1S/C12H20N2O2S/c1-5-14-17(15,16)12-7-11(8-13-4)6-9(2)10(12)3/h6-7,13-14H,5,8H2,1-4H3. The van der Waals surface area contributed by atoms with Crippen LogP contribution in [-0.2, 0) is 16.6 Å². The van der Waals surface area contributed by atoms with Crippen LogP contribution in [0.3, 0.4) is 0 Å². The van der Waals surface area contributed by atoms with Crippen molar-refractivity contribution >= 4 is 10.0 Å². The second kappa shape index (κ2) is 5.62. The molecule has 0 radical (unpaired) electrons. The summed E-state index contributed by atoms with van der Waals surface area (Å²) in [6.07, 6.45) is 0. The highest BCUT2D eigenvalue weighted by Crippen LogP contribution is 2.20. The Labute approximate surface area is 103 Å². The van der Waals surface area contributed by atoms with Crippen molar-refractivity contribution in [3.05, 3.63) is 28.8 Å². The summed E-state index contributed by atoms with van der Waals surface area (Å²) >= 11 is 0. The summed E-state index contributed by atoms with van der Waals surface area (Å²) in [7, 11) is -1.54. The van der Waals surface area contributed by atoms with Gasteiger partial charge >= 0.3 is 0 Å². The van der Waals surface area contributed by atoms with E-state index in [0.29, 0.717) is 18.0 Å². The van der Waals surface area contributed by atoms with Crippen LogP contribution in [-0.4, -0.2) is 22.0 Å². The van der Waals surface area contributed by atoms with Gasteiger partial charge in [-0.25, -0.2) is 13.1 Å². The average molecular weight is 256 g/mol. The monoisotopic (exact) mass is 256 g/mol. The van der Waals surface area contributed by atoms with E-state index in [1.807, 2.05) is 27.0 Å². The van der Waals surface area contributed by atoms with Crippen molar-refractivity contribution in [1.29, 1.82) is 0 Å². The van der Waals surface area contributed by atoms with Gasteiger partial charge in [0, 0.05) is 13.1 Å². The van der Waals surface area contributed by atoms with Crippen LogP contribution in [0.5, 0.6) is 0 Å². The molecule has 17 heavy (non-hydrogen) atoms. The lowest BCUT2D eigenvalue weighted by Gasteiger charge is -2.12. The molecule has 0 saturated heterocycles. The van der Waals surface area contributed by atoms with Gasteiger partial charge in [-0.15, -0.1) is 0 Å². The first-order chi connectivity index (χ1) is 7.92. The molecule has 0 aliphatic carbocycles. The zero-order chi connectivity index (χ0) is 13.1. The quantitative estimate of drug-likeness (QED) is 0.835. The first kappa shape index (κ1) is 14.2. The number of hydrogen-bond acceptors (Lipinski definition) is 3. The topological polar surface area (TPSA) is 58.2 Å². The Morgan fingerprint density at radius 2 is 1.88 bits per heavy atom. The minimum atomic E-state index is -3.38. The highest BCUT2D eigenvalue weighted by molar-refractivity contribution is 7.89. The molecule has 0 fully saturated rings. The fourth-order valence-electron chi connectivity index (χ4n) is 1.75. The van der Waals surface area contributed by atoms with E-state index < -0.39 is 10.0 Å². The molecule has 0 heterocycles. The molecule has 1 rings (SSSR count). The predicted molar refractivity (Wildman–Crippen MR) is 69.5 cm³/mol. The maximum absolute atomic E-state index is 12.0. The molecular formula is C12H20N2O2S. The SMILES string of the molecule is CCNS(=O)(=O)c1cc(CNC)cc(C)c1C. The zero-order valence-corrected chi connectivity index (χ0v) is 11.6. The maximum Gasteiger partial charge on any atom is 0.240 e. The predicted octanol–water partition coefficient (Wildman–Crippen LogP) is 1.32. The van der Waals surface area contributed by atoms with Crippen molar-refractivity contribution in [2.45, 2.75) is 32.2 Å². The van der Waals surface area contributed by atoms with Crippen LogP contribution in [0.1, 0.15) is 23.6 Å². The Balaban J connectivity index is 3.32. The highest BCUT2D eigenvalue weighted by atomic mass is 32.2. The Hall–Kier alpha value is -0.910. The van der Waals surface area contributed by atoms with Gasteiger partial charge in [0.1, 0.15) is 0 Å². The average Bonchev–Trinajstić information content (AvgIpc) is 2.23. The fourth-order valence-corrected chi connectivity index (χ4v) is 3.16. The third-order valence-electron chi connectivity index (χ3n) is 2.68. The van der Waals surface area contributed by atoms with Gasteiger partial charge in [-0.3, -0.25) is 0 Å². The second-order valence-corrected chi connectivity index (χ2v) is 5.80. The van der Waals surface area contributed by atoms with E-state index in [0.717, 1.165) is 16.7 Å². The molecule has 0 amide bonds. The molecule has 0 atom stereocenters. The Bertz CT molecular complexity index is 495. The third-order valence-corrected chi connectivity index (χ3v) is 4.36. The van der Waals surface area contributed by atoms with Crippen molar-refractivity contribution in [3.8, 4) is 0 Å². The van der Waals surface area contributed by atoms with Crippen molar-refractivity contribution in [2.75, 3.05) is 13.6 Å². The lowest BCUT2D eigenvalue weighted by molar-refractivity contribution is 0.583. The molecule has 0 bridgehead atoms. The van der Waals surface area contributed by atoms with E-state index in [4.69, 9.17) is 0 Å². The van der Waals surface area contributed by atoms with Crippen LogP contribution in [0, 0.1) is 13.8 Å². The molecule has 0 saturated carbocycles. The number of aryl methyl sites for hydroxylation is 1. The van der Waals surface area contributed by atoms with Crippen LogP contribution in [0.15, 0.2) is 17.0 Å². The number of nitrogens with one attached hydrogen (secondary N) is 2. The van der Waals surface area contributed by atoms with Gasteiger partial charge in [0.2, 0.25) is 10.0 Å². The highest BCUT2D eigenvalue weighted by Gasteiger charge is 2.17. The van der Waals surface area contributed by atoms with Crippen molar-refractivity contribution < 1.29 is 8.42 Å². The molecule has 0 aliphatic rings. The van der Waals surface area contributed by atoms with Gasteiger partial charge in [-0.05, 0) is 43.7 Å². The van der Waals surface area contributed by atoms with Crippen molar-refractivity contribution in [1.82, 2.24) is 10.0 Å². The fraction of sp³-hybridized carbons (Fsp3) is 0.500. The summed E-state index contributed by atoms with van der Waals surface area (Å²) in [5.74, 6) is 0. The molecule has 96 valence electrons. The van der Waals surface area contributed by atoms with Crippen molar-refractivity contribution in [2.24, 2.45) is 0 Å². The summed E-state index contributed by atoms with van der Waals surface area (Å²) in [4.78, 5) is 0.379. The molecule has 5 heteroatoms. The molecule has 0 spiro atoms. The Morgan fingerprint density at radius 1 is 1.24 bits per heavy atom. The van der Waals surface area contributed by atoms with E-state index in [9.17, 15) is 8.42 Å². The molecule has 0 aromatic heterocycles. The molecule has 1 aromatic carbocycles. The summed E-state index contributed by atoms with van der Waals surface area (Å²) in [6.45, 7) is 6.60. The maximum atomic E-state index is 12.0. The van der Waals surface area contributed by atoms with Crippen LogP contribution in [0.25, 0.3) is 0 Å². The first-order valence-electron chi connectivity index (χ1n) is 5.66. The number of rotatable bonds is 5. The molecule has 2 N–H and O–H groups in total.